The first-order valence-corrected chi connectivity index (χ1v) is 7.06. The number of esters is 1. The summed E-state index contributed by atoms with van der Waals surface area (Å²) in [4.78, 5) is 34.3. The highest BCUT2D eigenvalue weighted by molar-refractivity contribution is 6.14. The zero-order valence-corrected chi connectivity index (χ0v) is 13.3. The summed E-state index contributed by atoms with van der Waals surface area (Å²) in [6.07, 6.45) is 0. The predicted octanol–water partition coefficient (Wildman–Crippen LogP) is 1.87. The summed E-state index contributed by atoms with van der Waals surface area (Å²) in [5, 5.41) is 23.5. The number of nitrogens with one attached hydrogen (secondary N) is 1. The molecule has 8 nitrogen and oxygen atoms in total. The molecule has 1 aromatic carbocycles. The molecule has 2 N–H and O–H groups in total. The molecule has 1 unspecified atom stereocenters. The van der Waals surface area contributed by atoms with E-state index in [2.05, 4.69) is 5.32 Å². The van der Waals surface area contributed by atoms with Crippen LogP contribution in [0.2, 0.25) is 0 Å². The number of aliphatic carboxylic acids is 1. The van der Waals surface area contributed by atoms with Gasteiger partial charge in [-0.3, -0.25) is 10.1 Å². The molecule has 1 atom stereocenters. The quantitative estimate of drug-likeness (QED) is 0.491. The van der Waals surface area contributed by atoms with Crippen molar-refractivity contribution in [3.8, 4) is 0 Å². The number of carbonyl (C=O) groups is 2. The van der Waals surface area contributed by atoms with E-state index in [0.717, 1.165) is 0 Å². The number of benzene rings is 1. The molecule has 8 heteroatoms. The second-order valence-electron chi connectivity index (χ2n) is 5.26. The van der Waals surface area contributed by atoms with Crippen LogP contribution < -0.4 is 5.32 Å². The monoisotopic (exact) mass is 332 g/mol. The van der Waals surface area contributed by atoms with Gasteiger partial charge >= 0.3 is 11.9 Å². The molecule has 0 fully saturated rings. The summed E-state index contributed by atoms with van der Waals surface area (Å²) in [6.45, 7) is 3.26. The van der Waals surface area contributed by atoms with Crippen LogP contribution in [0.25, 0.3) is 5.57 Å². The first kappa shape index (κ1) is 17.2. The number of ether oxygens (including phenoxy) is 1. The Kier molecular flexibility index (Phi) is 4.68. The number of nitrogens with zero attached hydrogens (tertiary/aromatic N) is 1. The van der Waals surface area contributed by atoms with Crippen LogP contribution in [0, 0.1) is 10.1 Å². The van der Waals surface area contributed by atoms with Crippen LogP contribution in [-0.4, -0.2) is 35.1 Å². The topological polar surface area (TPSA) is 119 Å². The van der Waals surface area contributed by atoms with Crippen molar-refractivity contribution in [3.63, 3.8) is 0 Å². The van der Waals surface area contributed by atoms with Crippen molar-refractivity contribution in [2.75, 3.05) is 7.11 Å². The van der Waals surface area contributed by atoms with E-state index in [1.165, 1.54) is 31.4 Å². The average Bonchev–Trinajstić information content (AvgIpc) is 2.53. The minimum atomic E-state index is -1.24. The number of nitro benzene ring substituents is 1. The third-order valence-corrected chi connectivity index (χ3v) is 3.73. The predicted molar refractivity (Wildman–Crippen MR) is 85.0 cm³/mol. The lowest BCUT2D eigenvalue weighted by Gasteiger charge is -2.28. The lowest BCUT2D eigenvalue weighted by atomic mass is 9.85. The minimum absolute atomic E-state index is 0.112. The molecule has 1 heterocycles. The molecule has 1 aromatic rings. The van der Waals surface area contributed by atoms with Gasteiger partial charge in [-0.2, -0.15) is 0 Å². The van der Waals surface area contributed by atoms with E-state index in [0.29, 0.717) is 5.70 Å². The second kappa shape index (κ2) is 6.53. The van der Waals surface area contributed by atoms with Crippen LogP contribution >= 0.6 is 0 Å². The summed E-state index contributed by atoms with van der Waals surface area (Å²) in [5.74, 6) is -1.93. The fraction of sp³-hybridized carbons (Fsp3) is 0.250. The standard InChI is InChI=1S/C16H16N2O6/c1-8-12(15(19)20)14(13(9(2)17-8)16(21)24-3)10-5-4-6-11(7-10)18(22)23/h4-7,9,17H,1-3H3,(H,19,20). The highest BCUT2D eigenvalue weighted by Crippen LogP contribution is 2.35. The molecular weight excluding hydrogens is 316 g/mol. The van der Waals surface area contributed by atoms with Crippen molar-refractivity contribution in [2.24, 2.45) is 0 Å². The lowest BCUT2D eigenvalue weighted by molar-refractivity contribution is -0.384. The number of carboxylic acid groups (broad SMARTS) is 1. The van der Waals surface area contributed by atoms with Gasteiger partial charge in [-0.05, 0) is 19.4 Å². The number of methoxy groups -OCH3 is 1. The maximum atomic E-state index is 12.2. The second-order valence-corrected chi connectivity index (χ2v) is 5.26. The van der Waals surface area contributed by atoms with Gasteiger partial charge in [0.15, 0.2) is 0 Å². The number of carbonyl (C=O) groups excluding carboxylic acids is 1. The van der Waals surface area contributed by atoms with Crippen LogP contribution in [0.5, 0.6) is 0 Å². The normalized spacial score (nSPS) is 17.4. The highest BCUT2D eigenvalue weighted by atomic mass is 16.6. The molecule has 0 aliphatic carbocycles. The average molecular weight is 332 g/mol. The number of allylic oxidation sites excluding steroid dienone is 1. The third-order valence-electron chi connectivity index (χ3n) is 3.73. The Bertz CT molecular complexity index is 794. The molecule has 24 heavy (non-hydrogen) atoms. The Hall–Kier alpha value is -3.16. The van der Waals surface area contributed by atoms with Crippen LogP contribution in [0.15, 0.2) is 41.1 Å². The number of hydrogen-bond acceptors (Lipinski definition) is 6. The van der Waals surface area contributed by atoms with Crippen molar-refractivity contribution in [3.05, 3.63) is 56.8 Å². The van der Waals surface area contributed by atoms with Crippen molar-refractivity contribution in [2.45, 2.75) is 19.9 Å². The maximum Gasteiger partial charge on any atom is 0.338 e. The third kappa shape index (κ3) is 2.98. The smallest absolute Gasteiger partial charge is 0.338 e. The number of non-ortho nitro benzene ring substituents is 1. The molecule has 0 spiro atoms. The largest absolute Gasteiger partial charge is 0.478 e. The first-order chi connectivity index (χ1) is 11.3. The summed E-state index contributed by atoms with van der Waals surface area (Å²) >= 11 is 0. The van der Waals surface area contributed by atoms with Crippen LogP contribution in [0.4, 0.5) is 5.69 Å². The molecule has 0 amide bonds. The maximum absolute atomic E-state index is 12.2. The molecule has 0 aromatic heterocycles. The van der Waals surface area contributed by atoms with Gasteiger partial charge < -0.3 is 15.2 Å². The first-order valence-electron chi connectivity index (χ1n) is 7.06. The highest BCUT2D eigenvalue weighted by Gasteiger charge is 2.34. The van der Waals surface area contributed by atoms with Gasteiger partial charge in [0.1, 0.15) is 0 Å². The van der Waals surface area contributed by atoms with Gasteiger partial charge in [-0.25, -0.2) is 9.59 Å². The molecular formula is C16H16N2O6. The van der Waals surface area contributed by atoms with Gasteiger partial charge in [0.25, 0.3) is 5.69 Å². The molecule has 0 saturated heterocycles. The molecule has 0 saturated carbocycles. The Morgan fingerprint density at radius 1 is 1.38 bits per heavy atom. The van der Waals surface area contributed by atoms with Gasteiger partial charge in [-0.15, -0.1) is 0 Å². The Morgan fingerprint density at radius 3 is 2.58 bits per heavy atom. The SMILES string of the molecule is COC(=O)C1=C(c2cccc([N+](=O)[O-])c2)C(C(=O)O)=C(C)NC1C. The van der Waals surface area contributed by atoms with Crippen LogP contribution in [-0.2, 0) is 14.3 Å². The van der Waals surface area contributed by atoms with Crippen molar-refractivity contribution >= 4 is 23.2 Å². The Balaban J connectivity index is 2.82. The summed E-state index contributed by atoms with van der Waals surface area (Å²) < 4.78 is 4.77. The van der Waals surface area contributed by atoms with Crippen molar-refractivity contribution < 1.29 is 24.4 Å². The van der Waals surface area contributed by atoms with Gasteiger partial charge in [0, 0.05) is 23.4 Å². The van der Waals surface area contributed by atoms with E-state index >= 15 is 0 Å². The Labute approximate surface area is 137 Å². The molecule has 2 rings (SSSR count). The number of carboxylic acids is 1. The zero-order valence-electron chi connectivity index (χ0n) is 13.3. The summed E-state index contributed by atoms with van der Waals surface area (Å²) in [6, 6.07) is 5.00. The number of dihydropyridines is 1. The van der Waals surface area contributed by atoms with E-state index in [9.17, 15) is 24.8 Å². The van der Waals surface area contributed by atoms with E-state index < -0.39 is 22.9 Å². The summed E-state index contributed by atoms with van der Waals surface area (Å²) in [7, 11) is 1.19. The molecule has 1 aliphatic rings. The van der Waals surface area contributed by atoms with Crippen molar-refractivity contribution in [1.29, 1.82) is 0 Å². The zero-order chi connectivity index (χ0) is 18.0. The number of nitro groups is 1. The number of rotatable bonds is 4. The minimum Gasteiger partial charge on any atom is -0.478 e. The van der Waals surface area contributed by atoms with E-state index in [4.69, 9.17) is 4.74 Å². The van der Waals surface area contributed by atoms with Gasteiger partial charge in [0.2, 0.25) is 0 Å². The van der Waals surface area contributed by atoms with E-state index in [1.807, 2.05) is 0 Å². The summed E-state index contributed by atoms with van der Waals surface area (Å²) in [5.41, 5.74) is 0.563. The molecule has 1 aliphatic heterocycles. The van der Waals surface area contributed by atoms with Crippen LogP contribution in [0.3, 0.4) is 0 Å². The van der Waals surface area contributed by atoms with Crippen molar-refractivity contribution in [1.82, 2.24) is 5.32 Å². The van der Waals surface area contributed by atoms with Gasteiger partial charge in [-0.1, -0.05) is 12.1 Å². The molecule has 126 valence electrons. The molecule has 0 radical (unpaired) electrons. The van der Waals surface area contributed by atoms with E-state index in [-0.39, 0.29) is 28.0 Å². The fourth-order valence-electron chi connectivity index (χ4n) is 2.74. The van der Waals surface area contributed by atoms with Gasteiger partial charge in [0.05, 0.1) is 29.2 Å². The lowest BCUT2D eigenvalue weighted by Crippen LogP contribution is -2.37. The van der Waals surface area contributed by atoms with E-state index in [1.54, 1.807) is 13.8 Å². The fourth-order valence-corrected chi connectivity index (χ4v) is 2.74. The Morgan fingerprint density at radius 2 is 2.04 bits per heavy atom. The number of hydrogen-bond donors (Lipinski definition) is 2. The molecule has 0 bridgehead atoms. The van der Waals surface area contributed by atoms with Crippen LogP contribution in [0.1, 0.15) is 19.4 Å².